The Kier molecular flexibility index (Phi) is 5.86. The van der Waals surface area contributed by atoms with E-state index in [1.165, 1.54) is 16.1 Å². The summed E-state index contributed by atoms with van der Waals surface area (Å²) < 4.78 is 0. The van der Waals surface area contributed by atoms with Gasteiger partial charge in [-0.15, -0.1) is 11.3 Å². The van der Waals surface area contributed by atoms with Gasteiger partial charge in [0, 0.05) is 23.5 Å². The van der Waals surface area contributed by atoms with Crippen LogP contribution >= 0.6 is 11.3 Å². The number of hydrogen-bond acceptors (Lipinski definition) is 3. The van der Waals surface area contributed by atoms with Crippen LogP contribution in [0.4, 0.5) is 5.69 Å². The molecular formula is C18H21NOS. The van der Waals surface area contributed by atoms with E-state index < -0.39 is 0 Å². The van der Waals surface area contributed by atoms with Crippen LogP contribution in [0.2, 0.25) is 0 Å². The maximum Gasteiger partial charge on any atom is 0.0772 e. The Bertz CT molecular complexity index is 636. The molecule has 110 valence electrons. The Morgan fingerprint density at radius 1 is 1.19 bits per heavy atom. The predicted molar refractivity (Wildman–Crippen MR) is 90.8 cm³/mol. The predicted octanol–water partition coefficient (Wildman–Crippen LogP) is 3.82. The number of nitrogens with zero attached hydrogens (tertiary/aromatic N) is 1. The van der Waals surface area contributed by atoms with Crippen molar-refractivity contribution in [2.75, 3.05) is 18.1 Å². The third kappa shape index (κ3) is 4.35. The van der Waals surface area contributed by atoms with Gasteiger partial charge in [-0.05, 0) is 37.6 Å². The minimum absolute atomic E-state index is 0.127. The standard InChI is InChI=1S/C18H21NOS/c1-3-19(18-10-5-4-8-15(18)2)14-17-12-11-16(21-17)9-6-7-13-20/h4-5,8,10-12,20H,3,7,13-14H2,1-2H3. The van der Waals surface area contributed by atoms with Crippen LogP contribution in [0.3, 0.4) is 0 Å². The largest absolute Gasteiger partial charge is 0.395 e. The summed E-state index contributed by atoms with van der Waals surface area (Å²) in [6.07, 6.45) is 0.539. The zero-order chi connectivity index (χ0) is 15.1. The summed E-state index contributed by atoms with van der Waals surface area (Å²) in [4.78, 5) is 4.76. The van der Waals surface area contributed by atoms with Gasteiger partial charge < -0.3 is 10.0 Å². The van der Waals surface area contributed by atoms with Gasteiger partial charge in [0.05, 0.1) is 18.0 Å². The van der Waals surface area contributed by atoms with Gasteiger partial charge in [0.25, 0.3) is 0 Å². The second kappa shape index (κ2) is 7.87. The Hall–Kier alpha value is -1.76. The first-order chi connectivity index (χ1) is 10.2. The van der Waals surface area contributed by atoms with Crippen LogP contribution in [-0.2, 0) is 6.54 Å². The fourth-order valence-corrected chi connectivity index (χ4v) is 3.11. The van der Waals surface area contributed by atoms with Gasteiger partial charge in [-0.3, -0.25) is 0 Å². The van der Waals surface area contributed by atoms with Crippen molar-refractivity contribution < 1.29 is 5.11 Å². The quantitative estimate of drug-likeness (QED) is 0.849. The lowest BCUT2D eigenvalue weighted by atomic mass is 10.2. The Labute approximate surface area is 131 Å². The molecule has 0 unspecified atom stereocenters. The van der Waals surface area contributed by atoms with E-state index in [9.17, 15) is 0 Å². The van der Waals surface area contributed by atoms with Crippen molar-refractivity contribution in [3.63, 3.8) is 0 Å². The molecule has 0 aliphatic rings. The molecule has 1 N–H and O–H groups in total. The van der Waals surface area contributed by atoms with E-state index in [1.54, 1.807) is 11.3 Å². The second-order valence-electron chi connectivity index (χ2n) is 4.84. The van der Waals surface area contributed by atoms with Crippen LogP contribution in [0.5, 0.6) is 0 Å². The zero-order valence-electron chi connectivity index (χ0n) is 12.6. The maximum absolute atomic E-state index is 8.75. The van der Waals surface area contributed by atoms with Crippen molar-refractivity contribution in [1.29, 1.82) is 0 Å². The molecule has 0 aliphatic carbocycles. The molecule has 0 amide bonds. The molecule has 0 aliphatic heterocycles. The summed E-state index contributed by atoms with van der Waals surface area (Å²) in [5.41, 5.74) is 2.60. The summed E-state index contributed by atoms with van der Waals surface area (Å²) in [6, 6.07) is 12.7. The van der Waals surface area contributed by atoms with E-state index in [2.05, 4.69) is 67.0 Å². The van der Waals surface area contributed by atoms with Gasteiger partial charge in [-0.2, -0.15) is 0 Å². The van der Waals surface area contributed by atoms with Crippen LogP contribution in [0.25, 0.3) is 0 Å². The van der Waals surface area contributed by atoms with Crippen LogP contribution in [0.1, 0.15) is 28.7 Å². The Balaban J connectivity index is 2.10. The average molecular weight is 299 g/mol. The molecule has 0 fully saturated rings. The SMILES string of the molecule is CCN(Cc1ccc(C#CCCO)s1)c1ccccc1C. The number of rotatable bonds is 5. The molecule has 0 saturated heterocycles. The molecule has 2 aromatic rings. The summed E-state index contributed by atoms with van der Waals surface area (Å²) in [5, 5.41) is 8.75. The van der Waals surface area contributed by atoms with Crippen LogP contribution in [0, 0.1) is 18.8 Å². The third-order valence-corrected chi connectivity index (χ3v) is 4.28. The highest BCUT2D eigenvalue weighted by atomic mass is 32.1. The number of anilines is 1. The van der Waals surface area contributed by atoms with Gasteiger partial charge in [0.2, 0.25) is 0 Å². The van der Waals surface area contributed by atoms with Gasteiger partial charge >= 0.3 is 0 Å². The van der Waals surface area contributed by atoms with Crippen LogP contribution < -0.4 is 4.90 Å². The molecule has 1 aromatic carbocycles. The molecule has 21 heavy (non-hydrogen) atoms. The summed E-state index contributed by atoms with van der Waals surface area (Å²) >= 11 is 1.73. The number of aryl methyl sites for hydroxylation is 1. The van der Waals surface area contributed by atoms with Crippen molar-refractivity contribution in [3.05, 3.63) is 51.7 Å². The monoisotopic (exact) mass is 299 g/mol. The highest BCUT2D eigenvalue weighted by Gasteiger charge is 2.09. The van der Waals surface area contributed by atoms with Crippen molar-refractivity contribution >= 4 is 17.0 Å². The van der Waals surface area contributed by atoms with E-state index >= 15 is 0 Å². The topological polar surface area (TPSA) is 23.5 Å². The fraction of sp³-hybridized carbons (Fsp3) is 0.333. The molecule has 2 rings (SSSR count). The molecule has 1 aromatic heterocycles. The van der Waals surface area contributed by atoms with Crippen LogP contribution in [-0.4, -0.2) is 18.3 Å². The van der Waals surface area contributed by atoms with Crippen molar-refractivity contribution in [1.82, 2.24) is 0 Å². The minimum atomic E-state index is 0.127. The lowest BCUT2D eigenvalue weighted by molar-refractivity contribution is 0.305. The minimum Gasteiger partial charge on any atom is -0.395 e. The van der Waals surface area contributed by atoms with Gasteiger partial charge in [-0.1, -0.05) is 30.0 Å². The molecule has 3 heteroatoms. The third-order valence-electron chi connectivity index (χ3n) is 3.29. The highest BCUT2D eigenvalue weighted by molar-refractivity contribution is 7.12. The first-order valence-electron chi connectivity index (χ1n) is 7.23. The first-order valence-corrected chi connectivity index (χ1v) is 8.05. The highest BCUT2D eigenvalue weighted by Crippen LogP contribution is 2.24. The van der Waals surface area contributed by atoms with Gasteiger partial charge in [0.15, 0.2) is 0 Å². The zero-order valence-corrected chi connectivity index (χ0v) is 13.4. The van der Waals surface area contributed by atoms with Crippen molar-refractivity contribution in [3.8, 4) is 11.8 Å². The van der Waals surface area contributed by atoms with Gasteiger partial charge in [-0.25, -0.2) is 0 Å². The average Bonchev–Trinajstić information content (AvgIpc) is 2.93. The smallest absolute Gasteiger partial charge is 0.0772 e. The fourth-order valence-electron chi connectivity index (χ4n) is 2.21. The number of benzene rings is 1. The molecule has 0 spiro atoms. The second-order valence-corrected chi connectivity index (χ2v) is 6.01. The summed E-state index contributed by atoms with van der Waals surface area (Å²) in [6.45, 7) is 6.35. The normalized spacial score (nSPS) is 10.0. The first kappa shape index (κ1) is 15.6. The summed E-state index contributed by atoms with van der Waals surface area (Å²) in [5.74, 6) is 6.07. The van der Waals surface area contributed by atoms with Crippen molar-refractivity contribution in [2.24, 2.45) is 0 Å². The van der Waals surface area contributed by atoms with Gasteiger partial charge in [0.1, 0.15) is 0 Å². The molecular weight excluding hydrogens is 278 g/mol. The van der Waals surface area contributed by atoms with Crippen LogP contribution in [0.15, 0.2) is 36.4 Å². The van der Waals surface area contributed by atoms with E-state index in [1.807, 2.05) is 0 Å². The molecule has 0 bridgehead atoms. The molecule has 0 saturated carbocycles. The van der Waals surface area contributed by atoms with E-state index in [-0.39, 0.29) is 6.61 Å². The number of aliphatic hydroxyl groups excluding tert-OH is 1. The lowest BCUT2D eigenvalue weighted by Crippen LogP contribution is -2.22. The molecule has 0 atom stereocenters. The number of thiophene rings is 1. The number of para-hydroxylation sites is 1. The number of aliphatic hydroxyl groups is 1. The van der Waals surface area contributed by atoms with E-state index in [4.69, 9.17) is 5.11 Å². The van der Waals surface area contributed by atoms with Crippen molar-refractivity contribution in [2.45, 2.75) is 26.8 Å². The van der Waals surface area contributed by atoms with E-state index in [0.717, 1.165) is 18.0 Å². The summed E-state index contributed by atoms with van der Waals surface area (Å²) in [7, 11) is 0. The Morgan fingerprint density at radius 2 is 2.00 bits per heavy atom. The Morgan fingerprint density at radius 3 is 2.71 bits per heavy atom. The number of hydrogen-bond donors (Lipinski definition) is 1. The molecule has 0 radical (unpaired) electrons. The maximum atomic E-state index is 8.75. The van der Waals surface area contributed by atoms with E-state index in [0.29, 0.717) is 6.42 Å². The lowest BCUT2D eigenvalue weighted by Gasteiger charge is -2.24. The molecule has 1 heterocycles. The molecule has 2 nitrogen and oxygen atoms in total.